The lowest BCUT2D eigenvalue weighted by atomic mass is 10.1. The molecule has 2 heteroatoms. The molecule has 0 atom stereocenters. The maximum absolute atomic E-state index is 4.54. The van der Waals surface area contributed by atoms with E-state index in [4.69, 9.17) is 0 Å². The quantitative estimate of drug-likeness (QED) is 0.685. The Morgan fingerprint density at radius 2 is 1.64 bits per heavy atom. The number of aryl methyl sites for hydroxylation is 4. The molecule has 1 rings (SSSR count). The molecule has 76 valence electrons. The van der Waals surface area contributed by atoms with Crippen LogP contribution in [-0.2, 0) is 6.42 Å². The molecule has 0 saturated carbocycles. The van der Waals surface area contributed by atoms with Crippen molar-refractivity contribution < 1.29 is 0 Å². The number of hydrogen-bond acceptors (Lipinski definition) is 2. The van der Waals surface area contributed by atoms with Gasteiger partial charge in [-0.2, -0.15) is 0 Å². The summed E-state index contributed by atoms with van der Waals surface area (Å²) in [6.07, 6.45) is 1.95. The molecule has 0 aliphatic carbocycles. The number of allylic oxidation sites excluding steroid dienone is 1. The minimum Gasteiger partial charge on any atom is -0.255 e. The van der Waals surface area contributed by atoms with E-state index in [9.17, 15) is 0 Å². The van der Waals surface area contributed by atoms with Crippen LogP contribution in [0.2, 0.25) is 0 Å². The highest BCUT2D eigenvalue weighted by molar-refractivity contribution is 5.18. The average Bonchev–Trinajstić information content (AvgIpc) is 2.09. The Morgan fingerprint density at radius 1 is 1.07 bits per heavy atom. The van der Waals surface area contributed by atoms with Gasteiger partial charge in [0.05, 0.1) is 22.8 Å². The summed E-state index contributed by atoms with van der Waals surface area (Å²) in [4.78, 5) is 9.00. The molecule has 0 fully saturated rings. The highest BCUT2D eigenvalue weighted by Crippen LogP contribution is 2.11. The first-order chi connectivity index (χ1) is 6.50. The van der Waals surface area contributed by atoms with E-state index in [1.807, 2.05) is 27.7 Å². The van der Waals surface area contributed by atoms with Crippen LogP contribution in [0.1, 0.15) is 36.1 Å². The van der Waals surface area contributed by atoms with Gasteiger partial charge in [0.1, 0.15) is 0 Å². The molecular formula is C12H18N2. The van der Waals surface area contributed by atoms with Crippen molar-refractivity contribution in [3.05, 3.63) is 34.9 Å². The van der Waals surface area contributed by atoms with Crippen molar-refractivity contribution in [2.45, 2.75) is 40.5 Å². The van der Waals surface area contributed by atoms with Gasteiger partial charge in [-0.05, 0) is 40.5 Å². The zero-order chi connectivity index (χ0) is 10.7. The molecule has 1 aromatic heterocycles. The van der Waals surface area contributed by atoms with E-state index in [-0.39, 0.29) is 0 Å². The van der Waals surface area contributed by atoms with Crippen LogP contribution in [0.25, 0.3) is 0 Å². The van der Waals surface area contributed by atoms with E-state index in [0.29, 0.717) is 0 Å². The lowest BCUT2D eigenvalue weighted by Gasteiger charge is -2.07. The van der Waals surface area contributed by atoms with E-state index in [0.717, 1.165) is 35.6 Å². The first-order valence-corrected chi connectivity index (χ1v) is 4.96. The maximum atomic E-state index is 4.54. The van der Waals surface area contributed by atoms with Gasteiger partial charge in [-0.15, -0.1) is 6.58 Å². The van der Waals surface area contributed by atoms with Crippen molar-refractivity contribution in [2.24, 2.45) is 0 Å². The van der Waals surface area contributed by atoms with Crippen molar-refractivity contribution in [2.75, 3.05) is 0 Å². The molecule has 0 aromatic carbocycles. The Balaban J connectivity index is 2.87. The summed E-state index contributed by atoms with van der Waals surface area (Å²) >= 11 is 0. The first kappa shape index (κ1) is 10.9. The topological polar surface area (TPSA) is 25.8 Å². The van der Waals surface area contributed by atoms with Gasteiger partial charge in [0.2, 0.25) is 0 Å². The number of aromatic nitrogens is 2. The molecule has 0 aliphatic rings. The van der Waals surface area contributed by atoms with Crippen molar-refractivity contribution in [3.63, 3.8) is 0 Å². The monoisotopic (exact) mass is 190 g/mol. The van der Waals surface area contributed by atoms with Crippen molar-refractivity contribution in [3.8, 4) is 0 Å². The number of hydrogen-bond donors (Lipinski definition) is 0. The van der Waals surface area contributed by atoms with E-state index in [1.165, 1.54) is 5.57 Å². The third-order valence-electron chi connectivity index (χ3n) is 2.37. The molecule has 1 aromatic rings. The summed E-state index contributed by atoms with van der Waals surface area (Å²) in [5.41, 5.74) is 5.42. The molecule has 0 spiro atoms. The number of rotatable bonds is 3. The summed E-state index contributed by atoms with van der Waals surface area (Å²) in [6, 6.07) is 0. The SMILES string of the molecule is C=C(C)CCc1nc(C)c(C)nc1C. The van der Waals surface area contributed by atoms with Gasteiger partial charge in [-0.25, -0.2) is 0 Å². The van der Waals surface area contributed by atoms with Gasteiger partial charge in [0.15, 0.2) is 0 Å². The fourth-order valence-electron chi connectivity index (χ4n) is 1.33. The van der Waals surface area contributed by atoms with E-state index < -0.39 is 0 Å². The smallest absolute Gasteiger partial charge is 0.0622 e. The van der Waals surface area contributed by atoms with Crippen molar-refractivity contribution in [1.82, 2.24) is 9.97 Å². The highest BCUT2D eigenvalue weighted by Gasteiger charge is 2.04. The fraction of sp³-hybridized carbons (Fsp3) is 0.500. The van der Waals surface area contributed by atoms with E-state index in [1.54, 1.807) is 0 Å². The lowest BCUT2D eigenvalue weighted by molar-refractivity contribution is 0.845. The zero-order valence-corrected chi connectivity index (χ0v) is 9.52. The Kier molecular flexibility index (Phi) is 3.39. The van der Waals surface area contributed by atoms with Gasteiger partial charge >= 0.3 is 0 Å². The largest absolute Gasteiger partial charge is 0.255 e. The van der Waals surface area contributed by atoms with Crippen molar-refractivity contribution in [1.29, 1.82) is 0 Å². The van der Waals surface area contributed by atoms with Crippen LogP contribution in [0.3, 0.4) is 0 Å². The molecule has 2 nitrogen and oxygen atoms in total. The second-order valence-corrected chi connectivity index (χ2v) is 3.88. The predicted octanol–water partition coefficient (Wildman–Crippen LogP) is 2.91. The maximum Gasteiger partial charge on any atom is 0.0622 e. The van der Waals surface area contributed by atoms with Gasteiger partial charge in [0.25, 0.3) is 0 Å². The van der Waals surface area contributed by atoms with Crippen LogP contribution in [0.15, 0.2) is 12.2 Å². The first-order valence-electron chi connectivity index (χ1n) is 4.96. The zero-order valence-electron chi connectivity index (χ0n) is 9.52. The molecule has 1 heterocycles. The second kappa shape index (κ2) is 4.36. The summed E-state index contributed by atoms with van der Waals surface area (Å²) in [5, 5.41) is 0. The van der Waals surface area contributed by atoms with Crippen molar-refractivity contribution >= 4 is 0 Å². The third kappa shape index (κ3) is 2.66. The third-order valence-corrected chi connectivity index (χ3v) is 2.37. The summed E-state index contributed by atoms with van der Waals surface area (Å²) in [7, 11) is 0. The van der Waals surface area contributed by atoms with Crippen LogP contribution in [-0.4, -0.2) is 9.97 Å². The standard InChI is InChI=1S/C12H18N2/c1-8(2)6-7-12-11(5)13-9(3)10(4)14-12/h1,6-7H2,2-5H3. The van der Waals surface area contributed by atoms with Crippen LogP contribution in [0, 0.1) is 20.8 Å². The lowest BCUT2D eigenvalue weighted by Crippen LogP contribution is -2.02. The van der Waals surface area contributed by atoms with Crippen LogP contribution < -0.4 is 0 Å². The Labute approximate surface area is 86.1 Å². The summed E-state index contributed by atoms with van der Waals surface area (Å²) < 4.78 is 0. The van der Waals surface area contributed by atoms with E-state index >= 15 is 0 Å². The molecule has 0 saturated heterocycles. The average molecular weight is 190 g/mol. The molecule has 0 N–H and O–H groups in total. The molecule has 0 aliphatic heterocycles. The Hall–Kier alpha value is -1.18. The van der Waals surface area contributed by atoms with Crippen LogP contribution in [0.4, 0.5) is 0 Å². The van der Waals surface area contributed by atoms with Gasteiger partial charge in [0, 0.05) is 0 Å². The molecular weight excluding hydrogens is 172 g/mol. The van der Waals surface area contributed by atoms with Crippen LogP contribution >= 0.6 is 0 Å². The fourth-order valence-corrected chi connectivity index (χ4v) is 1.33. The Bertz CT molecular complexity index is 354. The van der Waals surface area contributed by atoms with E-state index in [2.05, 4.69) is 16.5 Å². The van der Waals surface area contributed by atoms with Crippen LogP contribution in [0.5, 0.6) is 0 Å². The minimum absolute atomic E-state index is 0.954. The molecule has 0 radical (unpaired) electrons. The minimum atomic E-state index is 0.954. The summed E-state index contributed by atoms with van der Waals surface area (Å²) in [6.45, 7) is 12.0. The molecule has 0 bridgehead atoms. The van der Waals surface area contributed by atoms with Gasteiger partial charge < -0.3 is 0 Å². The Morgan fingerprint density at radius 3 is 2.21 bits per heavy atom. The van der Waals surface area contributed by atoms with Gasteiger partial charge in [-0.3, -0.25) is 9.97 Å². The van der Waals surface area contributed by atoms with Gasteiger partial charge in [-0.1, -0.05) is 5.57 Å². The molecule has 0 amide bonds. The summed E-state index contributed by atoms with van der Waals surface area (Å²) in [5.74, 6) is 0. The predicted molar refractivity (Wildman–Crippen MR) is 59.4 cm³/mol. The normalized spacial score (nSPS) is 10.3. The second-order valence-electron chi connectivity index (χ2n) is 3.88. The molecule has 14 heavy (non-hydrogen) atoms. The highest BCUT2D eigenvalue weighted by atomic mass is 14.8. The molecule has 0 unspecified atom stereocenters. The number of nitrogens with zero attached hydrogens (tertiary/aromatic N) is 2.